The number of ether oxygens (including phenoxy) is 3. The first-order chi connectivity index (χ1) is 16.8. The number of carbonyl (C=O) groups is 2. The van der Waals surface area contributed by atoms with Gasteiger partial charge in [-0.05, 0) is 30.4 Å². The monoisotopic (exact) mass is 475 g/mol. The van der Waals surface area contributed by atoms with Gasteiger partial charge in [0, 0.05) is 42.0 Å². The largest absolute Gasteiger partial charge is 0.489 e. The molecule has 2 aliphatic rings. The van der Waals surface area contributed by atoms with E-state index in [1.807, 2.05) is 61.5 Å². The maximum atomic E-state index is 13.5. The molecule has 0 N–H and O–H groups in total. The van der Waals surface area contributed by atoms with Gasteiger partial charge < -0.3 is 14.2 Å². The highest BCUT2D eigenvalue weighted by Gasteiger charge is 2.46. The van der Waals surface area contributed by atoms with E-state index in [4.69, 9.17) is 19.2 Å². The van der Waals surface area contributed by atoms with E-state index in [0.717, 1.165) is 16.8 Å². The van der Waals surface area contributed by atoms with Crippen LogP contribution in [0.15, 0.2) is 70.9 Å². The Morgan fingerprint density at radius 3 is 2.49 bits per heavy atom. The van der Waals surface area contributed by atoms with Crippen LogP contribution in [0.25, 0.3) is 0 Å². The van der Waals surface area contributed by atoms with Crippen molar-refractivity contribution in [3.05, 3.63) is 77.0 Å². The standard InChI is InChI=1S/C29H33NO5/c1-19-25(28(32)34-15-14-33-4)26(27-22(30-19)16-29(2,3)17-23(27)31)21-12-8-9-13-24(21)35-18-20-10-6-5-7-11-20/h5-13,25-26H,14-18H2,1-4H3/t25?,26-/m0/s1. The van der Waals surface area contributed by atoms with Crippen LogP contribution in [0.5, 0.6) is 5.75 Å². The zero-order chi connectivity index (χ0) is 25.0. The Hall–Kier alpha value is -3.25. The quantitative estimate of drug-likeness (QED) is 0.384. The molecule has 2 atom stereocenters. The Morgan fingerprint density at radius 2 is 1.74 bits per heavy atom. The SMILES string of the molecule is COCCOC(=O)C1C(C)=NC2=C(C(=O)CC(C)(C)C2)[C@H]1c1ccccc1OCc1ccccc1. The Morgan fingerprint density at radius 1 is 1.03 bits per heavy atom. The van der Waals surface area contributed by atoms with Crippen LogP contribution in [0, 0.1) is 11.3 Å². The smallest absolute Gasteiger partial charge is 0.315 e. The van der Waals surface area contributed by atoms with Crippen molar-refractivity contribution in [3.63, 3.8) is 0 Å². The van der Waals surface area contributed by atoms with E-state index in [2.05, 4.69) is 13.8 Å². The van der Waals surface area contributed by atoms with Crippen molar-refractivity contribution in [2.24, 2.45) is 16.3 Å². The summed E-state index contributed by atoms with van der Waals surface area (Å²) >= 11 is 0. The molecule has 1 aliphatic carbocycles. The van der Waals surface area contributed by atoms with Gasteiger partial charge in [-0.25, -0.2) is 0 Å². The third-order valence-electron chi connectivity index (χ3n) is 6.58. The summed E-state index contributed by atoms with van der Waals surface area (Å²) in [5, 5.41) is 0. The van der Waals surface area contributed by atoms with Crippen molar-refractivity contribution >= 4 is 17.5 Å². The Kier molecular flexibility index (Phi) is 7.51. The normalized spacial score (nSPS) is 21.3. The fourth-order valence-corrected chi connectivity index (χ4v) is 5.01. The molecule has 35 heavy (non-hydrogen) atoms. The molecule has 2 aromatic carbocycles. The van der Waals surface area contributed by atoms with E-state index in [-0.39, 0.29) is 17.8 Å². The van der Waals surface area contributed by atoms with Crippen LogP contribution in [-0.2, 0) is 25.7 Å². The highest BCUT2D eigenvalue weighted by molar-refractivity contribution is 6.09. The number of Topliss-reactive ketones (excluding diaryl/α,β-unsaturated/α-hetero) is 1. The maximum absolute atomic E-state index is 13.5. The second kappa shape index (κ2) is 10.6. The predicted octanol–water partition coefficient (Wildman–Crippen LogP) is 5.27. The Bertz CT molecular complexity index is 1150. The Balaban J connectivity index is 1.76. The number of hydrogen-bond donors (Lipinski definition) is 0. The molecule has 0 saturated heterocycles. The van der Waals surface area contributed by atoms with Crippen molar-refractivity contribution in [3.8, 4) is 5.75 Å². The number of carbonyl (C=O) groups excluding carboxylic acids is 2. The summed E-state index contributed by atoms with van der Waals surface area (Å²) in [5.41, 5.74) is 3.69. The summed E-state index contributed by atoms with van der Waals surface area (Å²) in [6.07, 6.45) is 1.09. The molecule has 184 valence electrons. The second-order valence-corrected chi connectivity index (χ2v) is 9.98. The number of hydrogen-bond acceptors (Lipinski definition) is 6. The summed E-state index contributed by atoms with van der Waals surface area (Å²) < 4.78 is 16.8. The molecule has 0 saturated carbocycles. The molecule has 1 unspecified atom stereocenters. The van der Waals surface area contributed by atoms with Crippen molar-refractivity contribution in [1.29, 1.82) is 0 Å². The fraction of sp³-hybridized carbons (Fsp3) is 0.414. The highest BCUT2D eigenvalue weighted by atomic mass is 16.6. The van der Waals surface area contributed by atoms with Gasteiger partial charge in [0.1, 0.15) is 24.9 Å². The fourth-order valence-electron chi connectivity index (χ4n) is 5.01. The molecule has 1 aliphatic heterocycles. The average molecular weight is 476 g/mol. The van der Waals surface area contributed by atoms with E-state index in [1.54, 1.807) is 7.11 Å². The average Bonchev–Trinajstić information content (AvgIpc) is 2.82. The minimum Gasteiger partial charge on any atom is -0.489 e. The van der Waals surface area contributed by atoms with Crippen LogP contribution < -0.4 is 4.74 Å². The first-order valence-electron chi connectivity index (χ1n) is 12.0. The molecule has 4 rings (SSSR count). The minimum absolute atomic E-state index is 0.0325. The van der Waals surface area contributed by atoms with Gasteiger partial charge in [0.2, 0.25) is 0 Å². The molecule has 6 nitrogen and oxygen atoms in total. The number of nitrogens with zero attached hydrogens (tertiary/aromatic N) is 1. The van der Waals surface area contributed by atoms with Crippen LogP contribution in [0.1, 0.15) is 50.7 Å². The molecular weight excluding hydrogens is 442 g/mol. The van der Waals surface area contributed by atoms with Crippen molar-refractivity contribution < 1.29 is 23.8 Å². The Labute approximate surface area is 207 Å². The lowest BCUT2D eigenvalue weighted by atomic mass is 9.66. The number of benzene rings is 2. The van der Waals surface area contributed by atoms with Crippen molar-refractivity contribution in [2.75, 3.05) is 20.3 Å². The van der Waals surface area contributed by atoms with Crippen LogP contribution >= 0.6 is 0 Å². The summed E-state index contributed by atoms with van der Waals surface area (Å²) in [7, 11) is 1.56. The first-order valence-corrected chi connectivity index (χ1v) is 12.0. The lowest BCUT2D eigenvalue weighted by molar-refractivity contribution is -0.147. The van der Waals surface area contributed by atoms with Crippen LogP contribution in [0.3, 0.4) is 0 Å². The number of para-hydroxylation sites is 1. The van der Waals surface area contributed by atoms with Gasteiger partial charge in [-0.2, -0.15) is 0 Å². The summed E-state index contributed by atoms with van der Waals surface area (Å²) in [5.74, 6) is -0.957. The summed E-state index contributed by atoms with van der Waals surface area (Å²) in [6.45, 7) is 6.83. The van der Waals surface area contributed by atoms with E-state index >= 15 is 0 Å². The number of ketones is 1. The van der Waals surface area contributed by atoms with Gasteiger partial charge in [0.05, 0.1) is 6.61 Å². The van der Waals surface area contributed by atoms with Crippen LogP contribution in [0.2, 0.25) is 0 Å². The molecule has 6 heteroatoms. The molecule has 0 bridgehead atoms. The van der Waals surface area contributed by atoms with Gasteiger partial charge in [-0.3, -0.25) is 14.6 Å². The van der Waals surface area contributed by atoms with E-state index < -0.39 is 17.8 Å². The first kappa shape index (κ1) is 24.9. The van der Waals surface area contributed by atoms with Gasteiger partial charge in [0.25, 0.3) is 0 Å². The lowest BCUT2D eigenvalue weighted by Crippen LogP contribution is -2.40. The molecule has 0 radical (unpaired) electrons. The van der Waals surface area contributed by atoms with Gasteiger partial charge in [-0.1, -0.05) is 62.4 Å². The molecule has 0 spiro atoms. The summed E-state index contributed by atoms with van der Waals surface area (Å²) in [6, 6.07) is 17.6. The molecule has 0 amide bonds. The molecule has 2 aromatic rings. The van der Waals surface area contributed by atoms with E-state index in [9.17, 15) is 9.59 Å². The maximum Gasteiger partial charge on any atom is 0.315 e. The van der Waals surface area contributed by atoms with Gasteiger partial charge in [-0.15, -0.1) is 0 Å². The number of methoxy groups -OCH3 is 1. The zero-order valence-corrected chi connectivity index (χ0v) is 20.9. The molecule has 1 heterocycles. The van der Waals surface area contributed by atoms with Gasteiger partial charge >= 0.3 is 5.97 Å². The van der Waals surface area contributed by atoms with Crippen molar-refractivity contribution in [2.45, 2.75) is 46.1 Å². The minimum atomic E-state index is -0.711. The lowest BCUT2D eigenvalue weighted by Gasteiger charge is -2.39. The van der Waals surface area contributed by atoms with Gasteiger partial charge in [0.15, 0.2) is 5.78 Å². The highest BCUT2D eigenvalue weighted by Crippen LogP contribution is 2.49. The second-order valence-electron chi connectivity index (χ2n) is 9.98. The third kappa shape index (κ3) is 5.54. The number of aliphatic imine (C=N–C) groups is 1. The van der Waals surface area contributed by atoms with E-state index in [1.165, 1.54) is 0 Å². The number of esters is 1. The van der Waals surface area contributed by atoms with Crippen molar-refractivity contribution in [1.82, 2.24) is 0 Å². The number of rotatable bonds is 8. The molecule has 0 aromatic heterocycles. The van der Waals surface area contributed by atoms with Crippen LogP contribution in [-0.4, -0.2) is 37.8 Å². The number of allylic oxidation sites excluding steroid dienone is 2. The topological polar surface area (TPSA) is 74.2 Å². The summed E-state index contributed by atoms with van der Waals surface area (Å²) in [4.78, 5) is 31.6. The molecular formula is C29H33NO5. The van der Waals surface area contributed by atoms with E-state index in [0.29, 0.717) is 43.1 Å². The predicted molar refractivity (Wildman–Crippen MR) is 134 cm³/mol. The van der Waals surface area contributed by atoms with Crippen LogP contribution in [0.4, 0.5) is 0 Å². The zero-order valence-electron chi connectivity index (χ0n) is 20.9. The third-order valence-corrected chi connectivity index (χ3v) is 6.58. The molecule has 0 fully saturated rings.